The smallest absolute Gasteiger partial charge is 0.239 e. The Labute approximate surface area is 154 Å². The lowest BCUT2D eigenvalue weighted by molar-refractivity contribution is -0.115. The van der Waals surface area contributed by atoms with Crippen LogP contribution in [0.5, 0.6) is 0 Å². The minimum atomic E-state index is -0.328. The molecular formula is C17H19N5OS2. The number of thioether (sulfide) groups is 1. The van der Waals surface area contributed by atoms with Crippen LogP contribution in [-0.4, -0.2) is 31.3 Å². The summed E-state index contributed by atoms with van der Waals surface area (Å²) < 4.78 is 0. The number of hydrogen-bond donors (Lipinski definition) is 2. The molecule has 0 saturated heterocycles. The first kappa shape index (κ1) is 17.6. The number of aromatic amines is 1. The molecule has 0 aliphatic carbocycles. The van der Waals surface area contributed by atoms with E-state index < -0.39 is 0 Å². The highest BCUT2D eigenvalue weighted by Crippen LogP contribution is 2.25. The van der Waals surface area contributed by atoms with Gasteiger partial charge < -0.3 is 5.32 Å². The van der Waals surface area contributed by atoms with Gasteiger partial charge in [-0.3, -0.25) is 9.89 Å². The summed E-state index contributed by atoms with van der Waals surface area (Å²) in [6, 6.07) is 8.03. The highest BCUT2D eigenvalue weighted by atomic mass is 32.2. The van der Waals surface area contributed by atoms with Crippen molar-refractivity contribution in [2.45, 2.75) is 38.1 Å². The number of nitrogens with zero attached hydrogens (tertiary/aromatic N) is 3. The monoisotopic (exact) mass is 373 g/mol. The summed E-state index contributed by atoms with van der Waals surface area (Å²) in [5, 5.41) is 10.8. The summed E-state index contributed by atoms with van der Waals surface area (Å²) in [7, 11) is 0. The molecular weight excluding hydrogens is 354 g/mol. The Hall–Kier alpha value is -2.19. The van der Waals surface area contributed by atoms with Gasteiger partial charge in [0.05, 0.1) is 10.9 Å². The van der Waals surface area contributed by atoms with Crippen molar-refractivity contribution in [2.75, 3.05) is 5.32 Å². The minimum Gasteiger partial charge on any atom is -0.301 e. The Morgan fingerprint density at radius 3 is 2.76 bits per heavy atom. The third kappa shape index (κ3) is 4.26. The predicted octanol–water partition coefficient (Wildman–Crippen LogP) is 3.97. The second-order valence-electron chi connectivity index (χ2n) is 5.75. The number of carbonyl (C=O) groups excluding carboxylic acids is 1. The highest BCUT2D eigenvalue weighted by molar-refractivity contribution is 8.00. The molecule has 0 unspecified atom stereocenters. The number of anilines is 1. The number of nitrogens with one attached hydrogen (secondary N) is 2. The van der Waals surface area contributed by atoms with Crippen molar-refractivity contribution in [3.8, 4) is 11.4 Å². The first-order chi connectivity index (χ1) is 11.9. The van der Waals surface area contributed by atoms with E-state index in [1.807, 2.05) is 52.0 Å². The SMILES string of the molecule is Cc1cccc(-c2nc(S[C@@H](C)C(=O)Nc3nc(C)c(C)s3)n[nH]2)c1. The quantitative estimate of drug-likeness (QED) is 0.661. The minimum absolute atomic E-state index is 0.111. The summed E-state index contributed by atoms with van der Waals surface area (Å²) in [6.07, 6.45) is 0. The molecule has 0 bridgehead atoms. The molecule has 1 amide bonds. The summed E-state index contributed by atoms with van der Waals surface area (Å²) >= 11 is 2.79. The third-order valence-corrected chi connectivity index (χ3v) is 5.62. The van der Waals surface area contributed by atoms with Gasteiger partial charge in [0.15, 0.2) is 11.0 Å². The molecule has 2 heterocycles. The summed E-state index contributed by atoms with van der Waals surface area (Å²) in [5.41, 5.74) is 3.08. The second kappa shape index (κ2) is 7.37. The Kier molecular flexibility index (Phi) is 5.19. The maximum atomic E-state index is 12.3. The fourth-order valence-electron chi connectivity index (χ4n) is 2.17. The largest absolute Gasteiger partial charge is 0.301 e. The van der Waals surface area contributed by atoms with E-state index in [4.69, 9.17) is 0 Å². The lowest BCUT2D eigenvalue weighted by Gasteiger charge is -2.07. The fourth-order valence-corrected chi connectivity index (χ4v) is 3.71. The zero-order valence-corrected chi connectivity index (χ0v) is 16.1. The van der Waals surface area contributed by atoms with Gasteiger partial charge in [-0.2, -0.15) is 0 Å². The van der Waals surface area contributed by atoms with Gasteiger partial charge in [-0.05, 0) is 33.8 Å². The van der Waals surface area contributed by atoms with Gasteiger partial charge in [-0.15, -0.1) is 16.4 Å². The van der Waals surface area contributed by atoms with Gasteiger partial charge in [0.25, 0.3) is 0 Å². The van der Waals surface area contributed by atoms with E-state index in [-0.39, 0.29) is 11.2 Å². The molecule has 0 spiro atoms. The molecule has 8 heteroatoms. The van der Waals surface area contributed by atoms with Crippen LogP contribution in [0.1, 0.15) is 23.1 Å². The van der Waals surface area contributed by atoms with Gasteiger partial charge in [0.2, 0.25) is 11.1 Å². The molecule has 3 aromatic rings. The van der Waals surface area contributed by atoms with E-state index in [1.54, 1.807) is 0 Å². The van der Waals surface area contributed by atoms with Crippen molar-refractivity contribution in [1.82, 2.24) is 20.2 Å². The van der Waals surface area contributed by atoms with E-state index >= 15 is 0 Å². The maximum absolute atomic E-state index is 12.3. The number of aryl methyl sites for hydroxylation is 3. The van der Waals surface area contributed by atoms with Crippen molar-refractivity contribution in [2.24, 2.45) is 0 Å². The van der Waals surface area contributed by atoms with Crippen LogP contribution in [0.25, 0.3) is 11.4 Å². The zero-order chi connectivity index (χ0) is 18.0. The van der Waals surface area contributed by atoms with E-state index in [0.29, 0.717) is 16.1 Å². The van der Waals surface area contributed by atoms with Crippen molar-refractivity contribution < 1.29 is 4.79 Å². The van der Waals surface area contributed by atoms with Crippen molar-refractivity contribution in [3.05, 3.63) is 40.4 Å². The van der Waals surface area contributed by atoms with Crippen LogP contribution in [0.2, 0.25) is 0 Å². The molecule has 6 nitrogen and oxygen atoms in total. The van der Waals surface area contributed by atoms with Crippen LogP contribution >= 0.6 is 23.1 Å². The summed E-state index contributed by atoms with van der Waals surface area (Å²) in [4.78, 5) is 22.2. The number of H-pyrrole nitrogens is 1. The molecule has 130 valence electrons. The highest BCUT2D eigenvalue weighted by Gasteiger charge is 2.19. The van der Waals surface area contributed by atoms with Gasteiger partial charge >= 0.3 is 0 Å². The number of rotatable bonds is 5. The average molecular weight is 374 g/mol. The Balaban J connectivity index is 1.64. The van der Waals surface area contributed by atoms with Crippen LogP contribution < -0.4 is 5.32 Å². The summed E-state index contributed by atoms with van der Waals surface area (Å²) in [5.74, 6) is 0.589. The molecule has 25 heavy (non-hydrogen) atoms. The van der Waals surface area contributed by atoms with Crippen LogP contribution in [0, 0.1) is 20.8 Å². The molecule has 0 saturated carbocycles. The normalized spacial score (nSPS) is 12.2. The molecule has 0 aliphatic heterocycles. The molecule has 1 aromatic carbocycles. The number of carbonyl (C=O) groups is 1. The molecule has 0 aliphatic rings. The topological polar surface area (TPSA) is 83.6 Å². The number of aromatic nitrogens is 4. The number of hydrogen-bond acceptors (Lipinski definition) is 6. The lowest BCUT2D eigenvalue weighted by atomic mass is 10.1. The Morgan fingerprint density at radius 2 is 2.08 bits per heavy atom. The van der Waals surface area contributed by atoms with Crippen LogP contribution in [-0.2, 0) is 4.79 Å². The molecule has 3 rings (SSSR count). The number of benzene rings is 1. The molecule has 2 aromatic heterocycles. The van der Waals surface area contributed by atoms with Gasteiger partial charge in [0, 0.05) is 10.4 Å². The van der Waals surface area contributed by atoms with Gasteiger partial charge in [0.1, 0.15) is 0 Å². The van der Waals surface area contributed by atoms with Crippen molar-refractivity contribution in [1.29, 1.82) is 0 Å². The Bertz CT molecular complexity index is 883. The zero-order valence-electron chi connectivity index (χ0n) is 14.5. The Morgan fingerprint density at radius 1 is 1.28 bits per heavy atom. The standard InChI is InChI=1S/C17H19N5OS2/c1-9-6-5-7-13(8-9)14-19-17(22-21-14)25-12(4)15(23)20-16-18-10(2)11(3)24-16/h5-8,12H,1-4H3,(H,18,20,23)(H,19,21,22)/t12-/m0/s1. The molecule has 0 fully saturated rings. The molecule has 1 atom stereocenters. The summed E-state index contributed by atoms with van der Waals surface area (Å²) in [6.45, 7) is 7.78. The van der Waals surface area contributed by atoms with Crippen LogP contribution in [0.15, 0.2) is 29.4 Å². The van der Waals surface area contributed by atoms with Crippen LogP contribution in [0.4, 0.5) is 5.13 Å². The van der Waals surface area contributed by atoms with E-state index in [9.17, 15) is 4.79 Å². The van der Waals surface area contributed by atoms with E-state index in [1.165, 1.54) is 23.1 Å². The van der Waals surface area contributed by atoms with Gasteiger partial charge in [-0.1, -0.05) is 35.5 Å². The third-order valence-electron chi connectivity index (χ3n) is 3.67. The van der Waals surface area contributed by atoms with Gasteiger partial charge in [-0.25, -0.2) is 9.97 Å². The first-order valence-electron chi connectivity index (χ1n) is 7.83. The second-order valence-corrected chi connectivity index (χ2v) is 8.26. The maximum Gasteiger partial charge on any atom is 0.239 e. The van der Waals surface area contributed by atoms with E-state index in [2.05, 4.69) is 25.5 Å². The average Bonchev–Trinajstić information content (AvgIpc) is 3.14. The van der Waals surface area contributed by atoms with Crippen molar-refractivity contribution >= 4 is 34.1 Å². The first-order valence-corrected chi connectivity index (χ1v) is 9.53. The van der Waals surface area contributed by atoms with E-state index in [0.717, 1.165) is 21.7 Å². The molecule has 2 N–H and O–H groups in total. The van der Waals surface area contributed by atoms with Crippen LogP contribution in [0.3, 0.4) is 0 Å². The fraction of sp³-hybridized carbons (Fsp3) is 0.294. The lowest BCUT2D eigenvalue weighted by Crippen LogP contribution is -2.22. The number of amides is 1. The van der Waals surface area contributed by atoms with Crippen molar-refractivity contribution in [3.63, 3.8) is 0 Å². The molecule has 0 radical (unpaired) electrons. The number of thiazole rings is 1. The predicted molar refractivity (Wildman–Crippen MR) is 102 cm³/mol.